The second kappa shape index (κ2) is 7.01. The molecule has 2 N–H and O–H groups in total. The summed E-state index contributed by atoms with van der Waals surface area (Å²) in [6.45, 7) is 12.3. The number of nitrogens with two attached hydrogens (primary N) is 1. The summed E-state index contributed by atoms with van der Waals surface area (Å²) >= 11 is 0. The van der Waals surface area contributed by atoms with E-state index in [1.54, 1.807) is 0 Å². The summed E-state index contributed by atoms with van der Waals surface area (Å²) in [5.74, 6) is 0. The molecule has 2 aliphatic heterocycles. The number of anilines is 3. The number of nitrogen functional groups attached to an aromatic ring is 1. The molecule has 0 spiro atoms. The summed E-state index contributed by atoms with van der Waals surface area (Å²) in [6, 6.07) is 16.8. The lowest BCUT2D eigenvalue weighted by Gasteiger charge is -2.37. The monoisotopic (exact) mass is 379 g/mol. The van der Waals surface area contributed by atoms with E-state index in [2.05, 4.69) is 73.9 Å². The van der Waals surface area contributed by atoms with Gasteiger partial charge in [-0.05, 0) is 69.6 Å². The molecule has 2 heterocycles. The van der Waals surface area contributed by atoms with Crippen LogP contribution in [-0.2, 0) is 9.31 Å². The van der Waals surface area contributed by atoms with Crippen LogP contribution in [0, 0.1) is 0 Å². The molecule has 0 aromatic heterocycles. The molecule has 4 rings (SSSR count). The van der Waals surface area contributed by atoms with Gasteiger partial charge in [0.25, 0.3) is 0 Å². The van der Waals surface area contributed by atoms with Gasteiger partial charge in [0.2, 0.25) is 0 Å². The molecular formula is C22H30BN3O2. The Bertz CT molecular complexity index is 797. The fourth-order valence-corrected chi connectivity index (χ4v) is 3.73. The third-order valence-electron chi connectivity index (χ3n) is 6.32. The van der Waals surface area contributed by atoms with Gasteiger partial charge in [0.1, 0.15) is 0 Å². The van der Waals surface area contributed by atoms with Crippen LogP contribution in [0.15, 0.2) is 48.5 Å². The first-order valence-electron chi connectivity index (χ1n) is 10.1. The molecule has 2 saturated heterocycles. The van der Waals surface area contributed by atoms with E-state index in [4.69, 9.17) is 15.0 Å². The predicted molar refractivity (Wildman–Crippen MR) is 117 cm³/mol. The average molecular weight is 379 g/mol. The highest BCUT2D eigenvalue weighted by Gasteiger charge is 2.51. The Labute approximate surface area is 168 Å². The molecule has 2 aliphatic rings. The number of hydrogen-bond donors (Lipinski definition) is 1. The zero-order valence-electron chi connectivity index (χ0n) is 17.3. The van der Waals surface area contributed by atoms with Gasteiger partial charge < -0.3 is 24.8 Å². The Balaban J connectivity index is 1.38. The third-order valence-corrected chi connectivity index (χ3v) is 6.32. The lowest BCUT2D eigenvalue weighted by molar-refractivity contribution is 0.00578. The van der Waals surface area contributed by atoms with E-state index in [1.165, 1.54) is 11.4 Å². The molecular weight excluding hydrogens is 349 g/mol. The van der Waals surface area contributed by atoms with Crippen molar-refractivity contribution >= 4 is 29.6 Å². The Hall–Kier alpha value is -2.18. The topological polar surface area (TPSA) is 51.0 Å². The van der Waals surface area contributed by atoms with Gasteiger partial charge in [-0.1, -0.05) is 12.1 Å². The van der Waals surface area contributed by atoms with E-state index >= 15 is 0 Å². The van der Waals surface area contributed by atoms with E-state index in [9.17, 15) is 0 Å². The second-order valence-corrected chi connectivity index (χ2v) is 8.75. The van der Waals surface area contributed by atoms with Crippen LogP contribution in [-0.4, -0.2) is 44.5 Å². The zero-order chi connectivity index (χ0) is 19.9. The first kappa shape index (κ1) is 19.2. The van der Waals surface area contributed by atoms with Crippen LogP contribution in [0.25, 0.3) is 0 Å². The minimum absolute atomic E-state index is 0.304. The maximum absolute atomic E-state index is 6.16. The van der Waals surface area contributed by atoms with Gasteiger partial charge in [0, 0.05) is 43.2 Å². The van der Waals surface area contributed by atoms with Crippen molar-refractivity contribution in [3.05, 3.63) is 48.5 Å². The van der Waals surface area contributed by atoms with Crippen LogP contribution in [0.4, 0.5) is 17.1 Å². The quantitative estimate of drug-likeness (QED) is 0.657. The Kier molecular flexibility index (Phi) is 4.80. The summed E-state index contributed by atoms with van der Waals surface area (Å²) < 4.78 is 12.3. The summed E-state index contributed by atoms with van der Waals surface area (Å²) in [7, 11) is -0.304. The van der Waals surface area contributed by atoms with Crippen LogP contribution in [0.2, 0.25) is 0 Å². The molecule has 5 nitrogen and oxygen atoms in total. The van der Waals surface area contributed by atoms with E-state index < -0.39 is 0 Å². The van der Waals surface area contributed by atoms with Crippen molar-refractivity contribution in [2.45, 2.75) is 38.9 Å². The van der Waals surface area contributed by atoms with Crippen LogP contribution in [0.3, 0.4) is 0 Å². The van der Waals surface area contributed by atoms with Gasteiger partial charge in [-0.2, -0.15) is 0 Å². The number of hydrogen-bond acceptors (Lipinski definition) is 5. The molecule has 0 atom stereocenters. The molecule has 0 unspecified atom stereocenters. The van der Waals surface area contributed by atoms with Gasteiger partial charge in [0.15, 0.2) is 0 Å². The molecule has 0 saturated carbocycles. The average Bonchev–Trinajstić information content (AvgIpc) is 2.90. The number of benzene rings is 2. The van der Waals surface area contributed by atoms with Crippen LogP contribution < -0.4 is 21.0 Å². The van der Waals surface area contributed by atoms with Gasteiger partial charge in [-0.25, -0.2) is 0 Å². The first-order chi connectivity index (χ1) is 13.2. The molecule has 0 aliphatic carbocycles. The minimum Gasteiger partial charge on any atom is -0.399 e. The van der Waals surface area contributed by atoms with Crippen molar-refractivity contribution in [1.29, 1.82) is 0 Å². The summed E-state index contributed by atoms with van der Waals surface area (Å²) in [4.78, 5) is 4.84. The van der Waals surface area contributed by atoms with Gasteiger partial charge >= 0.3 is 7.12 Å². The number of rotatable bonds is 3. The van der Waals surface area contributed by atoms with Gasteiger partial charge in [0.05, 0.1) is 11.2 Å². The molecule has 0 radical (unpaired) electrons. The standard InChI is InChI=1S/C22H30BN3O2/c1-21(2)22(3,4)28-23(27-21)17-5-9-19(10-6-17)25-13-15-26(16-14-25)20-11-7-18(24)8-12-20/h5-12H,13-16,24H2,1-4H3. The van der Waals surface area contributed by atoms with Crippen LogP contribution >= 0.6 is 0 Å². The Morgan fingerprint density at radius 3 is 1.54 bits per heavy atom. The summed E-state index contributed by atoms with van der Waals surface area (Å²) in [5, 5.41) is 0. The van der Waals surface area contributed by atoms with Crippen molar-refractivity contribution in [2.75, 3.05) is 41.7 Å². The van der Waals surface area contributed by atoms with Crippen LogP contribution in [0.5, 0.6) is 0 Å². The van der Waals surface area contributed by atoms with E-state index in [1.807, 2.05) is 12.1 Å². The lowest BCUT2D eigenvalue weighted by Crippen LogP contribution is -2.46. The van der Waals surface area contributed by atoms with Crippen molar-refractivity contribution in [1.82, 2.24) is 0 Å². The fourth-order valence-electron chi connectivity index (χ4n) is 3.73. The smallest absolute Gasteiger partial charge is 0.399 e. The van der Waals surface area contributed by atoms with Crippen LogP contribution in [0.1, 0.15) is 27.7 Å². The third kappa shape index (κ3) is 3.59. The molecule has 28 heavy (non-hydrogen) atoms. The molecule has 0 bridgehead atoms. The minimum atomic E-state index is -0.311. The van der Waals surface area contributed by atoms with E-state index in [0.717, 1.165) is 37.3 Å². The molecule has 148 valence electrons. The van der Waals surface area contributed by atoms with Crippen molar-refractivity contribution < 1.29 is 9.31 Å². The maximum Gasteiger partial charge on any atom is 0.494 e. The van der Waals surface area contributed by atoms with Crippen molar-refractivity contribution in [3.8, 4) is 0 Å². The number of piperazine rings is 1. The highest BCUT2D eigenvalue weighted by molar-refractivity contribution is 6.62. The Morgan fingerprint density at radius 2 is 1.11 bits per heavy atom. The fraction of sp³-hybridized carbons (Fsp3) is 0.455. The first-order valence-corrected chi connectivity index (χ1v) is 10.1. The largest absolute Gasteiger partial charge is 0.494 e. The normalized spacial score (nSPS) is 21.2. The van der Waals surface area contributed by atoms with Gasteiger partial charge in [-0.3, -0.25) is 0 Å². The molecule has 2 aromatic rings. The number of nitrogens with zero attached hydrogens (tertiary/aromatic N) is 2. The predicted octanol–water partition coefficient (Wildman–Crippen LogP) is 2.89. The highest BCUT2D eigenvalue weighted by atomic mass is 16.7. The highest BCUT2D eigenvalue weighted by Crippen LogP contribution is 2.36. The van der Waals surface area contributed by atoms with E-state index in [-0.39, 0.29) is 18.3 Å². The summed E-state index contributed by atoms with van der Waals surface area (Å²) in [5.41, 5.74) is 9.55. The lowest BCUT2D eigenvalue weighted by atomic mass is 9.79. The molecule has 0 amide bonds. The van der Waals surface area contributed by atoms with Crippen molar-refractivity contribution in [2.24, 2.45) is 0 Å². The SMILES string of the molecule is CC1(C)OB(c2ccc(N3CCN(c4ccc(N)cc4)CC3)cc2)OC1(C)C. The zero-order valence-corrected chi connectivity index (χ0v) is 17.3. The molecule has 2 fully saturated rings. The molecule has 2 aromatic carbocycles. The second-order valence-electron chi connectivity index (χ2n) is 8.75. The van der Waals surface area contributed by atoms with Gasteiger partial charge in [-0.15, -0.1) is 0 Å². The van der Waals surface area contributed by atoms with E-state index in [0.29, 0.717) is 0 Å². The maximum atomic E-state index is 6.16. The Morgan fingerprint density at radius 1 is 0.714 bits per heavy atom. The molecule has 6 heteroatoms. The summed E-state index contributed by atoms with van der Waals surface area (Å²) in [6.07, 6.45) is 0. The van der Waals surface area contributed by atoms with Crippen molar-refractivity contribution in [3.63, 3.8) is 0 Å².